The van der Waals surface area contributed by atoms with E-state index in [1.807, 2.05) is 19.9 Å². The van der Waals surface area contributed by atoms with Gasteiger partial charge >= 0.3 is 0 Å². The Labute approximate surface area is 171 Å². The Bertz CT molecular complexity index is 948. The molecule has 0 atom stereocenters. The fraction of sp³-hybridized carbons (Fsp3) is 0.389. The summed E-state index contributed by atoms with van der Waals surface area (Å²) in [5, 5.41) is 10.2. The van der Waals surface area contributed by atoms with Crippen LogP contribution in [0.1, 0.15) is 35.7 Å². The van der Waals surface area contributed by atoms with Crippen LogP contribution in [0.25, 0.3) is 0 Å². The van der Waals surface area contributed by atoms with E-state index in [1.54, 1.807) is 29.2 Å². The minimum atomic E-state index is -3.54. The molecule has 146 valence electrons. The summed E-state index contributed by atoms with van der Waals surface area (Å²) in [7, 11) is -3.54. The molecule has 1 N–H and O–H groups in total. The maximum absolute atomic E-state index is 12.7. The highest BCUT2D eigenvalue weighted by molar-refractivity contribution is 9.11. The van der Waals surface area contributed by atoms with E-state index in [0.717, 1.165) is 9.35 Å². The minimum Gasteiger partial charge on any atom is -0.507 e. The van der Waals surface area contributed by atoms with Crippen LogP contribution in [-0.2, 0) is 10.0 Å². The summed E-state index contributed by atoms with van der Waals surface area (Å²) in [5.74, 6) is -0.0606. The average Bonchev–Trinajstić information content (AvgIpc) is 3.08. The number of hydrogen-bond acceptors (Lipinski definition) is 5. The van der Waals surface area contributed by atoms with Crippen LogP contribution in [0.5, 0.6) is 5.75 Å². The molecule has 1 aromatic heterocycles. The van der Waals surface area contributed by atoms with Crippen molar-refractivity contribution >= 4 is 43.2 Å². The van der Waals surface area contributed by atoms with Crippen LogP contribution >= 0.6 is 27.3 Å². The molecule has 0 radical (unpaired) electrons. The van der Waals surface area contributed by atoms with Gasteiger partial charge in [0.2, 0.25) is 0 Å². The first-order chi connectivity index (χ1) is 12.7. The van der Waals surface area contributed by atoms with E-state index in [0.29, 0.717) is 0 Å². The van der Waals surface area contributed by atoms with Gasteiger partial charge in [-0.3, -0.25) is 4.79 Å². The van der Waals surface area contributed by atoms with Crippen molar-refractivity contribution in [2.45, 2.75) is 24.0 Å². The van der Waals surface area contributed by atoms with Crippen molar-refractivity contribution in [1.82, 2.24) is 9.21 Å². The Balaban J connectivity index is 1.69. The maximum atomic E-state index is 12.7. The van der Waals surface area contributed by atoms with Crippen molar-refractivity contribution in [2.75, 3.05) is 26.2 Å². The SMILES string of the molecule is CC(C)c1ccc(C(=O)N2CCN(S(=O)(=O)c3ccc(Br)s3)CC2)c(O)c1. The van der Waals surface area contributed by atoms with E-state index >= 15 is 0 Å². The highest BCUT2D eigenvalue weighted by Gasteiger charge is 2.32. The molecule has 0 unspecified atom stereocenters. The number of phenols is 1. The molecule has 0 spiro atoms. The number of sulfonamides is 1. The Morgan fingerprint density at radius 3 is 2.33 bits per heavy atom. The number of aromatic hydroxyl groups is 1. The van der Waals surface area contributed by atoms with Crippen molar-refractivity contribution in [3.8, 4) is 5.75 Å². The van der Waals surface area contributed by atoms with Crippen LogP contribution in [-0.4, -0.2) is 54.8 Å². The van der Waals surface area contributed by atoms with Gasteiger partial charge in [-0.15, -0.1) is 11.3 Å². The summed E-state index contributed by atoms with van der Waals surface area (Å²) in [5.41, 5.74) is 1.21. The molecule has 0 bridgehead atoms. The van der Waals surface area contributed by atoms with Crippen LogP contribution in [0.3, 0.4) is 0 Å². The predicted molar refractivity (Wildman–Crippen MR) is 109 cm³/mol. The number of carbonyl (C=O) groups excluding carboxylic acids is 1. The Morgan fingerprint density at radius 1 is 1.15 bits per heavy atom. The number of phenolic OH excluding ortho intramolecular Hbond substituents is 1. The lowest BCUT2D eigenvalue weighted by atomic mass is 10.0. The average molecular weight is 473 g/mol. The van der Waals surface area contributed by atoms with Crippen LogP contribution in [0, 0.1) is 0 Å². The van der Waals surface area contributed by atoms with Gasteiger partial charge in [0.1, 0.15) is 9.96 Å². The van der Waals surface area contributed by atoms with Gasteiger partial charge in [0.25, 0.3) is 15.9 Å². The van der Waals surface area contributed by atoms with Crippen molar-refractivity contribution in [1.29, 1.82) is 0 Å². The van der Waals surface area contributed by atoms with E-state index in [9.17, 15) is 18.3 Å². The number of hydrogen-bond donors (Lipinski definition) is 1. The number of rotatable bonds is 4. The van der Waals surface area contributed by atoms with Gasteiger partial charge in [0.15, 0.2) is 0 Å². The molecule has 0 saturated carbocycles. The highest BCUT2D eigenvalue weighted by atomic mass is 79.9. The number of thiophene rings is 1. The van der Waals surface area contributed by atoms with Crippen LogP contribution in [0.2, 0.25) is 0 Å². The molecule has 2 heterocycles. The molecular weight excluding hydrogens is 452 g/mol. The van der Waals surface area contributed by atoms with Gasteiger partial charge in [0, 0.05) is 26.2 Å². The lowest BCUT2D eigenvalue weighted by Gasteiger charge is -2.33. The van der Waals surface area contributed by atoms with Gasteiger partial charge in [-0.25, -0.2) is 8.42 Å². The number of nitrogens with zero attached hydrogens (tertiary/aromatic N) is 2. The third kappa shape index (κ3) is 4.21. The second-order valence-electron chi connectivity index (χ2n) is 6.69. The third-order valence-corrected chi connectivity index (χ3v) is 8.58. The van der Waals surface area contributed by atoms with Crippen LogP contribution < -0.4 is 0 Å². The van der Waals surface area contributed by atoms with E-state index in [1.165, 1.54) is 15.6 Å². The number of benzene rings is 1. The van der Waals surface area contributed by atoms with Gasteiger partial charge in [-0.1, -0.05) is 19.9 Å². The van der Waals surface area contributed by atoms with E-state index < -0.39 is 10.0 Å². The zero-order valence-corrected chi connectivity index (χ0v) is 18.3. The lowest BCUT2D eigenvalue weighted by Crippen LogP contribution is -2.50. The van der Waals surface area contributed by atoms with Crippen molar-refractivity contribution < 1.29 is 18.3 Å². The lowest BCUT2D eigenvalue weighted by molar-refractivity contribution is 0.0695. The molecule has 3 rings (SSSR count). The zero-order chi connectivity index (χ0) is 19.8. The molecular formula is C18H21BrN2O4S2. The summed E-state index contributed by atoms with van der Waals surface area (Å²) in [6.45, 7) is 5.07. The smallest absolute Gasteiger partial charge is 0.257 e. The van der Waals surface area contributed by atoms with Crippen molar-refractivity contribution in [3.63, 3.8) is 0 Å². The fourth-order valence-corrected chi connectivity index (χ4v) is 6.54. The second-order valence-corrected chi connectivity index (χ2v) is 11.3. The van der Waals surface area contributed by atoms with Gasteiger partial charge in [-0.2, -0.15) is 4.31 Å². The predicted octanol–water partition coefficient (Wildman–Crippen LogP) is 3.49. The van der Waals surface area contributed by atoms with E-state index in [2.05, 4.69) is 15.9 Å². The van der Waals surface area contributed by atoms with Crippen LogP contribution in [0.4, 0.5) is 0 Å². The number of piperazine rings is 1. The summed E-state index contributed by atoms with van der Waals surface area (Å²) in [4.78, 5) is 14.3. The maximum Gasteiger partial charge on any atom is 0.257 e. The normalized spacial score (nSPS) is 16.1. The Kier molecular flexibility index (Phi) is 5.95. The molecule has 6 nitrogen and oxygen atoms in total. The first kappa shape index (κ1) is 20.3. The first-order valence-corrected chi connectivity index (χ1v) is 11.6. The number of halogens is 1. The summed E-state index contributed by atoms with van der Waals surface area (Å²) >= 11 is 4.45. The quantitative estimate of drug-likeness (QED) is 0.738. The molecule has 27 heavy (non-hydrogen) atoms. The zero-order valence-electron chi connectivity index (χ0n) is 15.1. The Morgan fingerprint density at radius 2 is 1.81 bits per heavy atom. The summed E-state index contributed by atoms with van der Waals surface area (Å²) in [6, 6.07) is 8.39. The topological polar surface area (TPSA) is 77.9 Å². The third-order valence-electron chi connectivity index (χ3n) is 4.59. The van der Waals surface area contributed by atoms with Crippen molar-refractivity contribution in [3.05, 3.63) is 45.2 Å². The molecule has 1 aromatic carbocycles. The van der Waals surface area contributed by atoms with Gasteiger partial charge < -0.3 is 10.0 Å². The standard InChI is InChI=1S/C18H21BrN2O4S2/c1-12(2)13-3-4-14(15(22)11-13)18(23)20-7-9-21(10-8-20)27(24,25)17-6-5-16(19)26-17/h3-6,11-12,22H,7-10H2,1-2H3. The molecule has 1 aliphatic heterocycles. The van der Waals surface area contributed by atoms with Crippen LogP contribution in [0.15, 0.2) is 38.3 Å². The number of amides is 1. The Hall–Kier alpha value is -1.42. The number of carbonyl (C=O) groups is 1. The molecule has 9 heteroatoms. The van der Waals surface area contributed by atoms with E-state index in [4.69, 9.17) is 0 Å². The molecule has 1 fully saturated rings. The fourth-order valence-electron chi connectivity index (χ4n) is 2.95. The highest BCUT2D eigenvalue weighted by Crippen LogP contribution is 2.29. The summed E-state index contributed by atoms with van der Waals surface area (Å²) in [6.07, 6.45) is 0. The molecule has 1 aliphatic rings. The van der Waals surface area contributed by atoms with Gasteiger partial charge in [0.05, 0.1) is 9.35 Å². The second kappa shape index (κ2) is 7.90. The minimum absolute atomic E-state index is 0.0373. The largest absolute Gasteiger partial charge is 0.507 e. The first-order valence-electron chi connectivity index (χ1n) is 8.58. The molecule has 0 aliphatic carbocycles. The summed E-state index contributed by atoms with van der Waals surface area (Å²) < 4.78 is 27.8. The van der Waals surface area contributed by atoms with E-state index in [-0.39, 0.29) is 53.5 Å². The molecule has 2 aromatic rings. The molecule has 1 saturated heterocycles. The van der Waals surface area contributed by atoms with Gasteiger partial charge in [-0.05, 0) is 51.7 Å². The molecule has 1 amide bonds. The van der Waals surface area contributed by atoms with Crippen molar-refractivity contribution in [2.24, 2.45) is 0 Å². The monoisotopic (exact) mass is 472 g/mol.